The van der Waals surface area contributed by atoms with Gasteiger partial charge in [-0.05, 0) is 6.42 Å². The molecule has 1 aromatic rings. The second-order valence-electron chi connectivity index (χ2n) is 3.87. The van der Waals surface area contributed by atoms with Gasteiger partial charge in [-0.15, -0.1) is 5.10 Å². The lowest BCUT2D eigenvalue weighted by molar-refractivity contribution is -0.0451. The first kappa shape index (κ1) is 12.0. The molecule has 0 spiro atoms. The second-order valence-corrected chi connectivity index (χ2v) is 3.87. The van der Waals surface area contributed by atoms with Crippen molar-refractivity contribution in [3.8, 4) is 0 Å². The molecule has 0 saturated carbocycles. The topological polar surface area (TPSA) is 123 Å². The minimum absolute atomic E-state index is 0.157. The van der Waals surface area contributed by atoms with E-state index in [4.69, 9.17) is 10.5 Å². The van der Waals surface area contributed by atoms with E-state index >= 15 is 0 Å². The maximum absolute atomic E-state index is 10.8. The first-order valence-corrected chi connectivity index (χ1v) is 5.27. The SMILES string of the molecule is CC[C@@H]1O[C@H](n2cnc(C(N)=O)n2)[C@@H](O)[C@H]1O. The number of aromatic nitrogens is 3. The quantitative estimate of drug-likeness (QED) is 0.587. The standard InChI is InChI=1S/C9H14N4O4/c1-2-4-5(14)6(15)9(17-4)13-3-11-8(12-13)7(10)16/h3-6,9,14-15H,2H2,1H3,(H2,10,16)/t4-,5-,6-,9-/m0/s1. The van der Waals surface area contributed by atoms with E-state index in [1.165, 1.54) is 11.0 Å². The number of carbonyl (C=O) groups excluding carboxylic acids is 1. The summed E-state index contributed by atoms with van der Waals surface area (Å²) >= 11 is 0. The number of rotatable bonds is 3. The average molecular weight is 242 g/mol. The van der Waals surface area contributed by atoms with Crippen LogP contribution >= 0.6 is 0 Å². The van der Waals surface area contributed by atoms with E-state index in [1.807, 2.05) is 6.92 Å². The summed E-state index contributed by atoms with van der Waals surface area (Å²) < 4.78 is 6.61. The molecule has 2 rings (SSSR count). The summed E-state index contributed by atoms with van der Waals surface area (Å²) in [7, 11) is 0. The molecule has 0 unspecified atom stereocenters. The Hall–Kier alpha value is -1.51. The van der Waals surface area contributed by atoms with Crippen molar-refractivity contribution in [2.75, 3.05) is 0 Å². The number of aliphatic hydroxyl groups is 2. The van der Waals surface area contributed by atoms with Crippen molar-refractivity contribution in [3.63, 3.8) is 0 Å². The molecule has 1 aliphatic rings. The summed E-state index contributed by atoms with van der Waals surface area (Å²) in [5, 5.41) is 23.2. The molecule has 1 fully saturated rings. The predicted octanol–water partition coefficient (Wildman–Crippen LogP) is -1.59. The Morgan fingerprint density at radius 2 is 2.29 bits per heavy atom. The van der Waals surface area contributed by atoms with Crippen LogP contribution in [0.3, 0.4) is 0 Å². The number of nitrogens with two attached hydrogens (primary N) is 1. The summed E-state index contributed by atoms with van der Waals surface area (Å²) in [5.74, 6) is -0.918. The number of amides is 1. The Morgan fingerprint density at radius 1 is 1.59 bits per heavy atom. The van der Waals surface area contributed by atoms with Gasteiger partial charge in [-0.2, -0.15) is 0 Å². The molecule has 0 bridgehead atoms. The Kier molecular flexibility index (Phi) is 3.09. The van der Waals surface area contributed by atoms with Gasteiger partial charge in [0.25, 0.3) is 5.91 Å². The third-order valence-corrected chi connectivity index (χ3v) is 2.73. The Balaban J connectivity index is 2.19. The molecule has 8 heteroatoms. The first-order chi connectivity index (χ1) is 8.04. The molecule has 8 nitrogen and oxygen atoms in total. The lowest BCUT2D eigenvalue weighted by Crippen LogP contribution is -2.31. The highest BCUT2D eigenvalue weighted by molar-refractivity contribution is 5.88. The van der Waals surface area contributed by atoms with E-state index in [-0.39, 0.29) is 5.82 Å². The van der Waals surface area contributed by atoms with Crippen LogP contribution in [-0.2, 0) is 4.74 Å². The highest BCUT2D eigenvalue weighted by Crippen LogP contribution is 2.29. The molecular weight excluding hydrogens is 228 g/mol. The summed E-state index contributed by atoms with van der Waals surface area (Å²) in [5.41, 5.74) is 5.01. The van der Waals surface area contributed by atoms with Crippen molar-refractivity contribution >= 4 is 5.91 Å². The third kappa shape index (κ3) is 2.02. The summed E-state index contributed by atoms with van der Waals surface area (Å²) in [6.45, 7) is 1.83. The van der Waals surface area contributed by atoms with Crippen molar-refractivity contribution in [3.05, 3.63) is 12.2 Å². The van der Waals surface area contributed by atoms with Crippen LogP contribution in [0, 0.1) is 0 Å². The third-order valence-electron chi connectivity index (χ3n) is 2.73. The van der Waals surface area contributed by atoms with Crippen molar-refractivity contribution in [2.24, 2.45) is 5.73 Å². The molecule has 94 valence electrons. The van der Waals surface area contributed by atoms with Crippen molar-refractivity contribution in [2.45, 2.75) is 37.9 Å². The van der Waals surface area contributed by atoms with Gasteiger partial charge < -0.3 is 20.7 Å². The number of hydrogen-bond donors (Lipinski definition) is 3. The van der Waals surface area contributed by atoms with E-state index < -0.39 is 30.4 Å². The molecule has 0 aliphatic carbocycles. The molecule has 0 aromatic carbocycles. The minimum atomic E-state index is -1.11. The van der Waals surface area contributed by atoms with Gasteiger partial charge in [0.05, 0.1) is 6.10 Å². The summed E-state index contributed by atoms with van der Waals surface area (Å²) in [4.78, 5) is 14.5. The van der Waals surface area contributed by atoms with Gasteiger partial charge in [-0.3, -0.25) is 4.79 Å². The molecule has 0 radical (unpaired) electrons. The van der Waals surface area contributed by atoms with Gasteiger partial charge in [0.2, 0.25) is 5.82 Å². The van der Waals surface area contributed by atoms with Crippen LogP contribution in [0.5, 0.6) is 0 Å². The fourth-order valence-corrected chi connectivity index (χ4v) is 1.80. The van der Waals surface area contributed by atoms with E-state index in [0.717, 1.165) is 0 Å². The highest BCUT2D eigenvalue weighted by Gasteiger charge is 2.43. The minimum Gasteiger partial charge on any atom is -0.388 e. The van der Waals surface area contributed by atoms with Crippen LogP contribution in [0.4, 0.5) is 0 Å². The van der Waals surface area contributed by atoms with Gasteiger partial charge in [-0.1, -0.05) is 6.92 Å². The number of aliphatic hydroxyl groups excluding tert-OH is 2. The fraction of sp³-hybridized carbons (Fsp3) is 0.667. The van der Waals surface area contributed by atoms with E-state index in [9.17, 15) is 15.0 Å². The monoisotopic (exact) mass is 242 g/mol. The van der Waals surface area contributed by atoms with Gasteiger partial charge in [0.1, 0.15) is 18.5 Å². The zero-order chi connectivity index (χ0) is 12.6. The normalized spacial score (nSPS) is 32.9. The molecule has 4 atom stereocenters. The van der Waals surface area contributed by atoms with Crippen LogP contribution in [-0.4, -0.2) is 49.2 Å². The molecule has 1 aromatic heterocycles. The lowest BCUT2D eigenvalue weighted by atomic mass is 10.1. The van der Waals surface area contributed by atoms with Crippen molar-refractivity contribution < 1.29 is 19.7 Å². The Labute approximate surface area is 97.0 Å². The molecule has 17 heavy (non-hydrogen) atoms. The van der Waals surface area contributed by atoms with Crippen LogP contribution in [0.25, 0.3) is 0 Å². The first-order valence-electron chi connectivity index (χ1n) is 5.27. The highest BCUT2D eigenvalue weighted by atomic mass is 16.6. The fourth-order valence-electron chi connectivity index (χ4n) is 1.80. The second kappa shape index (κ2) is 4.40. The maximum Gasteiger partial charge on any atom is 0.288 e. The lowest BCUT2D eigenvalue weighted by Gasteiger charge is -2.13. The zero-order valence-electron chi connectivity index (χ0n) is 9.22. The molecule has 1 aliphatic heterocycles. The molecular formula is C9H14N4O4. The Morgan fingerprint density at radius 3 is 2.76 bits per heavy atom. The van der Waals surface area contributed by atoms with Gasteiger partial charge in [0.15, 0.2) is 6.23 Å². The number of primary amides is 1. The van der Waals surface area contributed by atoms with E-state index in [2.05, 4.69) is 10.1 Å². The summed E-state index contributed by atoms with van der Waals surface area (Å²) in [6, 6.07) is 0. The van der Waals surface area contributed by atoms with Crippen LogP contribution < -0.4 is 5.73 Å². The number of ether oxygens (including phenoxy) is 1. The zero-order valence-corrected chi connectivity index (χ0v) is 9.22. The maximum atomic E-state index is 10.8. The van der Waals surface area contributed by atoms with Crippen LogP contribution in [0.15, 0.2) is 6.33 Å². The van der Waals surface area contributed by atoms with E-state index in [1.54, 1.807) is 0 Å². The number of carbonyl (C=O) groups is 1. The van der Waals surface area contributed by atoms with Crippen molar-refractivity contribution in [1.82, 2.24) is 14.8 Å². The van der Waals surface area contributed by atoms with Gasteiger partial charge in [0, 0.05) is 0 Å². The van der Waals surface area contributed by atoms with Crippen LogP contribution in [0.2, 0.25) is 0 Å². The van der Waals surface area contributed by atoms with Crippen molar-refractivity contribution in [1.29, 1.82) is 0 Å². The number of hydrogen-bond acceptors (Lipinski definition) is 6. The molecule has 1 amide bonds. The molecule has 2 heterocycles. The van der Waals surface area contributed by atoms with Gasteiger partial charge in [-0.25, -0.2) is 9.67 Å². The average Bonchev–Trinajstić information content (AvgIpc) is 2.87. The Bertz CT molecular complexity index is 421. The van der Waals surface area contributed by atoms with E-state index in [0.29, 0.717) is 6.42 Å². The summed E-state index contributed by atoms with van der Waals surface area (Å²) in [6.07, 6.45) is -1.61. The number of nitrogens with zero attached hydrogens (tertiary/aromatic N) is 3. The smallest absolute Gasteiger partial charge is 0.288 e. The van der Waals surface area contributed by atoms with Crippen LogP contribution in [0.1, 0.15) is 30.2 Å². The van der Waals surface area contributed by atoms with Gasteiger partial charge >= 0.3 is 0 Å². The predicted molar refractivity (Wildman–Crippen MR) is 54.8 cm³/mol. The molecule has 4 N–H and O–H groups in total. The largest absolute Gasteiger partial charge is 0.388 e. The molecule has 1 saturated heterocycles.